The van der Waals surface area contributed by atoms with Crippen molar-refractivity contribution >= 4 is 33.1 Å². The Bertz CT molecular complexity index is 1130. The second-order valence-corrected chi connectivity index (χ2v) is 8.04. The maximum absolute atomic E-state index is 13.3. The molecule has 4 rings (SSSR count). The van der Waals surface area contributed by atoms with Gasteiger partial charge in [0.05, 0.1) is 16.8 Å². The number of aromatic nitrogens is 1. The van der Waals surface area contributed by atoms with Gasteiger partial charge in [0, 0.05) is 12.2 Å². The highest BCUT2D eigenvalue weighted by atomic mass is 32.1. The van der Waals surface area contributed by atoms with E-state index in [2.05, 4.69) is 12.2 Å². The van der Waals surface area contributed by atoms with Crippen molar-refractivity contribution in [2.24, 2.45) is 0 Å². The number of hydrogen-bond donors (Lipinski definition) is 1. The van der Waals surface area contributed by atoms with Crippen LogP contribution in [0.3, 0.4) is 0 Å². The third-order valence-corrected chi connectivity index (χ3v) is 5.74. The van der Waals surface area contributed by atoms with E-state index in [0.717, 1.165) is 34.4 Å². The quantitative estimate of drug-likeness (QED) is 0.338. The topological polar surface area (TPSA) is 43.3 Å². The van der Waals surface area contributed by atoms with Gasteiger partial charge in [0.2, 0.25) is 0 Å². The molecule has 30 heavy (non-hydrogen) atoms. The first-order chi connectivity index (χ1) is 14.6. The number of halogens is 1. The Labute approximate surface area is 178 Å². The highest BCUT2D eigenvalue weighted by molar-refractivity contribution is 7.17. The summed E-state index contributed by atoms with van der Waals surface area (Å²) in [7, 11) is 0. The number of nitrogens with one attached hydrogen (secondary N) is 1. The molecule has 0 aliphatic heterocycles. The zero-order valence-electron chi connectivity index (χ0n) is 16.7. The second kappa shape index (κ2) is 9.13. The molecule has 2 aromatic heterocycles. The lowest BCUT2D eigenvalue weighted by Crippen LogP contribution is -2.17. The van der Waals surface area contributed by atoms with Crippen molar-refractivity contribution in [1.29, 1.82) is 0 Å². The summed E-state index contributed by atoms with van der Waals surface area (Å²) in [6, 6.07) is 17.7. The molecule has 0 radical (unpaired) electrons. The first kappa shape index (κ1) is 20.2. The van der Waals surface area contributed by atoms with Crippen molar-refractivity contribution in [2.45, 2.75) is 26.3 Å². The number of amides is 1. The molecule has 0 spiro atoms. The van der Waals surface area contributed by atoms with E-state index in [4.69, 9.17) is 4.74 Å². The largest absolute Gasteiger partial charge is 0.494 e. The van der Waals surface area contributed by atoms with E-state index < -0.39 is 0 Å². The van der Waals surface area contributed by atoms with Crippen LogP contribution in [0, 0.1) is 5.82 Å². The minimum atomic E-state index is -0.271. The van der Waals surface area contributed by atoms with Crippen LogP contribution in [0.1, 0.15) is 35.8 Å². The van der Waals surface area contributed by atoms with Gasteiger partial charge in [0.1, 0.15) is 17.3 Å². The lowest BCUT2D eigenvalue weighted by atomic mass is 10.2. The van der Waals surface area contributed by atoms with Crippen molar-refractivity contribution < 1.29 is 13.9 Å². The summed E-state index contributed by atoms with van der Waals surface area (Å²) in [4.78, 5) is 13.0. The molecular weight excluding hydrogens is 399 g/mol. The van der Waals surface area contributed by atoms with Crippen molar-refractivity contribution in [3.63, 3.8) is 0 Å². The minimum absolute atomic E-state index is 0.180. The number of nitrogens with zero attached hydrogens (tertiary/aromatic N) is 1. The first-order valence-electron chi connectivity index (χ1n) is 9.99. The zero-order valence-corrected chi connectivity index (χ0v) is 17.5. The van der Waals surface area contributed by atoms with E-state index in [1.165, 1.54) is 12.1 Å². The summed E-state index contributed by atoms with van der Waals surface area (Å²) < 4.78 is 21.9. The standard InChI is InChI=1S/C24H23FN2O2S/c1-2-3-13-29-20-10-8-19(9-11-20)26-24(28)22-15-23-21(12-14-30-23)27(22)16-17-4-6-18(25)7-5-17/h4-12,14-15H,2-3,13,16H2,1H3,(H,26,28). The second-order valence-electron chi connectivity index (χ2n) is 7.09. The highest BCUT2D eigenvalue weighted by Crippen LogP contribution is 2.27. The number of carbonyl (C=O) groups excluding carboxylic acids is 1. The van der Waals surface area contributed by atoms with Crippen LogP contribution in [0.25, 0.3) is 10.2 Å². The Morgan fingerprint density at radius 1 is 1.10 bits per heavy atom. The van der Waals surface area contributed by atoms with E-state index >= 15 is 0 Å². The number of unbranched alkanes of at least 4 members (excludes halogenated alkanes) is 1. The van der Waals surface area contributed by atoms with Gasteiger partial charge in [-0.15, -0.1) is 11.3 Å². The summed E-state index contributed by atoms with van der Waals surface area (Å²) in [5.74, 6) is 0.342. The first-order valence-corrected chi connectivity index (χ1v) is 10.9. The molecule has 1 N–H and O–H groups in total. The predicted molar refractivity (Wildman–Crippen MR) is 120 cm³/mol. The minimum Gasteiger partial charge on any atom is -0.494 e. The van der Waals surface area contributed by atoms with Gasteiger partial charge in [0.25, 0.3) is 5.91 Å². The number of carbonyl (C=O) groups is 1. The van der Waals surface area contributed by atoms with E-state index in [1.54, 1.807) is 23.5 Å². The third-order valence-electron chi connectivity index (χ3n) is 4.89. The van der Waals surface area contributed by atoms with Crippen molar-refractivity contribution in [2.75, 3.05) is 11.9 Å². The summed E-state index contributed by atoms with van der Waals surface area (Å²) in [6.45, 7) is 3.31. The zero-order chi connectivity index (χ0) is 20.9. The lowest BCUT2D eigenvalue weighted by molar-refractivity contribution is 0.101. The molecule has 4 aromatic rings. The smallest absolute Gasteiger partial charge is 0.272 e. The third kappa shape index (κ3) is 4.54. The van der Waals surface area contributed by atoms with Gasteiger partial charge in [-0.05, 0) is 65.9 Å². The van der Waals surface area contributed by atoms with Gasteiger partial charge in [-0.3, -0.25) is 4.79 Å². The molecule has 0 unspecified atom stereocenters. The molecule has 4 nitrogen and oxygen atoms in total. The normalized spacial score (nSPS) is 11.0. The maximum Gasteiger partial charge on any atom is 0.272 e. The fourth-order valence-electron chi connectivity index (χ4n) is 3.27. The van der Waals surface area contributed by atoms with Crippen LogP contribution in [0.5, 0.6) is 5.75 Å². The lowest BCUT2D eigenvalue weighted by Gasteiger charge is -2.12. The molecule has 2 heterocycles. The van der Waals surface area contributed by atoms with Gasteiger partial charge >= 0.3 is 0 Å². The molecule has 0 saturated heterocycles. The van der Waals surface area contributed by atoms with Crippen LogP contribution in [-0.2, 0) is 6.54 Å². The molecule has 154 valence electrons. The van der Waals surface area contributed by atoms with Crippen molar-refractivity contribution in [3.8, 4) is 5.75 Å². The summed E-state index contributed by atoms with van der Waals surface area (Å²) in [5.41, 5.74) is 3.21. The highest BCUT2D eigenvalue weighted by Gasteiger charge is 2.17. The Morgan fingerprint density at radius 2 is 1.87 bits per heavy atom. The molecular formula is C24H23FN2O2S. The van der Waals surface area contributed by atoms with Gasteiger partial charge in [-0.25, -0.2) is 4.39 Å². The number of anilines is 1. The number of ether oxygens (including phenoxy) is 1. The Kier molecular flexibility index (Phi) is 6.14. The van der Waals surface area contributed by atoms with E-state index in [0.29, 0.717) is 24.5 Å². The predicted octanol–water partition coefficient (Wildman–Crippen LogP) is 6.32. The van der Waals surface area contributed by atoms with E-state index in [1.807, 2.05) is 46.3 Å². The van der Waals surface area contributed by atoms with Gasteiger partial charge < -0.3 is 14.6 Å². The summed E-state index contributed by atoms with van der Waals surface area (Å²) >= 11 is 1.59. The molecule has 0 aliphatic carbocycles. The molecule has 0 fully saturated rings. The van der Waals surface area contributed by atoms with Crippen LogP contribution in [0.2, 0.25) is 0 Å². The fourth-order valence-corrected chi connectivity index (χ4v) is 4.09. The van der Waals surface area contributed by atoms with Crippen molar-refractivity contribution in [3.05, 3.63) is 83.1 Å². The summed E-state index contributed by atoms with van der Waals surface area (Å²) in [6.07, 6.45) is 2.10. The molecule has 1 amide bonds. The molecule has 6 heteroatoms. The van der Waals surface area contributed by atoms with Crippen LogP contribution >= 0.6 is 11.3 Å². The van der Waals surface area contributed by atoms with Crippen LogP contribution in [-0.4, -0.2) is 17.1 Å². The van der Waals surface area contributed by atoms with E-state index in [9.17, 15) is 9.18 Å². The van der Waals surface area contributed by atoms with Crippen LogP contribution in [0.15, 0.2) is 66.0 Å². The average molecular weight is 423 g/mol. The van der Waals surface area contributed by atoms with Crippen molar-refractivity contribution in [1.82, 2.24) is 4.57 Å². The average Bonchev–Trinajstić information content (AvgIpc) is 3.34. The van der Waals surface area contributed by atoms with Crippen LogP contribution in [0.4, 0.5) is 10.1 Å². The van der Waals surface area contributed by atoms with Gasteiger partial charge in [0.15, 0.2) is 0 Å². The Morgan fingerprint density at radius 3 is 2.60 bits per heavy atom. The number of hydrogen-bond acceptors (Lipinski definition) is 3. The molecule has 0 saturated carbocycles. The molecule has 0 atom stereocenters. The number of thiophene rings is 1. The molecule has 2 aromatic carbocycles. The number of fused-ring (bicyclic) bond motifs is 1. The SMILES string of the molecule is CCCCOc1ccc(NC(=O)c2cc3sccc3n2Cc2ccc(F)cc2)cc1. The number of benzene rings is 2. The maximum atomic E-state index is 13.3. The Hall–Kier alpha value is -3.12. The van der Waals surface area contributed by atoms with Crippen LogP contribution < -0.4 is 10.1 Å². The van der Waals surface area contributed by atoms with Gasteiger partial charge in [-0.2, -0.15) is 0 Å². The van der Waals surface area contributed by atoms with Gasteiger partial charge in [-0.1, -0.05) is 25.5 Å². The molecule has 0 aliphatic rings. The monoisotopic (exact) mass is 422 g/mol. The Balaban J connectivity index is 1.53. The fraction of sp³-hybridized carbons (Fsp3) is 0.208. The van der Waals surface area contributed by atoms with E-state index in [-0.39, 0.29) is 11.7 Å². The number of rotatable bonds is 8. The summed E-state index contributed by atoms with van der Waals surface area (Å²) in [5, 5.41) is 4.97. The molecule has 0 bridgehead atoms.